The molecule has 6 aliphatic carbocycles. The Kier molecular flexibility index (Phi) is 31.4. The number of rotatable bonds is 3. The molecule has 0 heterocycles. The van der Waals surface area contributed by atoms with Gasteiger partial charge in [0, 0.05) is 0 Å². The summed E-state index contributed by atoms with van der Waals surface area (Å²) in [5.74, 6) is 10.2. The fraction of sp³-hybridized carbons (Fsp3) is 0.833. The van der Waals surface area contributed by atoms with Gasteiger partial charge in [-0.25, -0.2) is 0 Å². The first-order chi connectivity index (χ1) is 19.2. The molecule has 6 aliphatic rings. The number of hydrogen-bond acceptors (Lipinski definition) is 2. The Morgan fingerprint density at radius 3 is 0.907 bits per heavy atom. The summed E-state index contributed by atoms with van der Waals surface area (Å²) in [7, 11) is -1.12. The van der Waals surface area contributed by atoms with Gasteiger partial charge in [-0.1, -0.05) is 51.4 Å². The van der Waals surface area contributed by atoms with E-state index < -0.39 is 31.7 Å². The largest absolute Gasteiger partial charge is 2.00 e. The summed E-state index contributed by atoms with van der Waals surface area (Å²) in [6.07, 6.45) is 29.4. The topological polar surface area (TPSA) is 40.5 Å². The van der Waals surface area contributed by atoms with Crippen LogP contribution in [0.15, 0.2) is 0 Å². The average Bonchev–Trinajstić information content (AvgIpc) is 3.74. The van der Waals surface area contributed by atoms with Crippen LogP contribution in [0.3, 0.4) is 0 Å². The molecule has 0 amide bonds. The zero-order chi connectivity index (χ0) is 29.3. The summed E-state index contributed by atoms with van der Waals surface area (Å²) in [5.41, 5.74) is 0. The molecule has 0 radical (unpaired) electrons. The molecule has 0 aromatic heterocycles. The van der Waals surface area contributed by atoms with Crippen LogP contribution in [0.5, 0.6) is 0 Å². The van der Waals surface area contributed by atoms with Gasteiger partial charge < -0.3 is 33.7 Å². The van der Waals surface area contributed by atoms with Crippen molar-refractivity contribution in [2.24, 2.45) is 0 Å². The van der Waals surface area contributed by atoms with Gasteiger partial charge in [-0.05, 0) is 0 Å². The second-order valence-corrected chi connectivity index (χ2v) is 23.9. The Balaban J connectivity index is 0. The van der Waals surface area contributed by atoms with Crippen LogP contribution >= 0.6 is 0 Å². The van der Waals surface area contributed by atoms with E-state index in [1.54, 1.807) is 30.6 Å². The third kappa shape index (κ3) is 21.2. The standard InChI is InChI=1S/C6H12BO2.3C6H11.2C6H10.3Fe.Hg/c1-5-3-2-4-6(5)7(8)9;5*1-6-4-2-3-5-6;;;;/h6,8-9H,2-4H2,1H3;3*2-5H2,1H3;2*4H,2-3,5H2,1H3;;;;/q6*-1;3*+2;. The van der Waals surface area contributed by atoms with Crippen LogP contribution in [-0.2, 0) is 75.8 Å². The Morgan fingerprint density at radius 1 is 0.442 bits per heavy atom. The fourth-order valence-electron chi connectivity index (χ4n) is 7.51. The monoisotopic (exact) mass is 910 g/mol. The van der Waals surface area contributed by atoms with Crippen LogP contribution in [0.1, 0.15) is 176 Å². The maximum atomic E-state index is 8.76. The molecule has 0 spiro atoms. The van der Waals surface area contributed by atoms with Gasteiger partial charge in [-0.2, -0.15) is 72.6 Å². The normalized spacial score (nSPS) is 27.9. The Bertz CT molecular complexity index is 562. The van der Waals surface area contributed by atoms with E-state index in [1.807, 2.05) is 18.8 Å². The van der Waals surface area contributed by atoms with E-state index in [9.17, 15) is 0 Å². The molecular weight excluding hydrogens is 843 g/mol. The molecule has 6 saturated carbocycles. The van der Waals surface area contributed by atoms with Crippen molar-refractivity contribution in [2.75, 3.05) is 0 Å². The van der Waals surface area contributed by atoms with Crippen molar-refractivity contribution in [1.29, 1.82) is 0 Å². The van der Waals surface area contributed by atoms with Crippen molar-refractivity contribution in [2.45, 2.75) is 189 Å². The zero-order valence-corrected chi connectivity index (χ0v) is 37.6. The van der Waals surface area contributed by atoms with Crippen LogP contribution in [0.2, 0.25) is 12.7 Å². The molecule has 0 aromatic carbocycles. The van der Waals surface area contributed by atoms with E-state index in [0.717, 1.165) is 19.3 Å². The second-order valence-electron chi connectivity index (χ2n) is 14.4. The van der Waals surface area contributed by atoms with Gasteiger partial charge in [-0.15, -0.1) is 5.82 Å². The predicted octanol–water partition coefficient (Wildman–Crippen LogP) is 11.3. The molecular formula is C36H65BFe3HgO2. The van der Waals surface area contributed by atoms with Gasteiger partial charge in [-0.3, -0.25) is 0 Å². The van der Waals surface area contributed by atoms with Crippen molar-refractivity contribution in [3.63, 3.8) is 0 Å². The first-order valence-corrected chi connectivity index (χ1v) is 23.8. The second kappa shape index (κ2) is 28.3. The van der Waals surface area contributed by atoms with E-state index in [-0.39, 0.29) is 57.0 Å². The molecule has 0 saturated heterocycles. The fourth-order valence-corrected chi connectivity index (χ4v) is 19.0. The summed E-state index contributed by atoms with van der Waals surface area (Å²) in [6, 6.07) is 0. The molecule has 6 fully saturated rings. The van der Waals surface area contributed by atoms with Crippen molar-refractivity contribution in [1.82, 2.24) is 0 Å². The summed E-state index contributed by atoms with van der Waals surface area (Å²) < 4.78 is 2.41. The molecule has 6 rings (SSSR count). The maximum Gasteiger partial charge on any atom is 2.00 e. The minimum absolute atomic E-state index is 0. The summed E-state index contributed by atoms with van der Waals surface area (Å²) in [5, 5.41) is 17.5. The average molecular weight is 909 g/mol. The van der Waals surface area contributed by atoms with Crippen molar-refractivity contribution >= 4 is 7.12 Å². The van der Waals surface area contributed by atoms with E-state index in [4.69, 9.17) is 10.0 Å². The Morgan fingerprint density at radius 2 is 0.744 bits per heavy atom. The first kappa shape index (κ1) is 47.6. The smallest absolute Gasteiger partial charge is 2.00 e. The SMILES string of the molecule is C[C-]1CCCC1.C[C-]1CCCC1.C[C-]1CCCC1.C[C-]1CCCC1B(O)O.C[C-]1CCC[CH]1[Hg][CH]1CCC[C-]1C.[Fe+2].[Fe+2].[Fe+2]. The molecule has 0 bridgehead atoms. The molecule has 2 nitrogen and oxygen atoms in total. The minimum Gasteiger partial charge on any atom is 2.00 e. The van der Waals surface area contributed by atoms with Gasteiger partial charge in [0.25, 0.3) is 0 Å². The Labute approximate surface area is 314 Å². The zero-order valence-electron chi connectivity index (χ0n) is 28.8. The third-order valence-electron chi connectivity index (χ3n) is 10.7. The molecule has 0 aromatic rings. The number of hydrogen-bond donors (Lipinski definition) is 2. The van der Waals surface area contributed by atoms with Crippen LogP contribution in [0.4, 0.5) is 0 Å². The van der Waals surface area contributed by atoms with E-state index in [1.165, 1.54) is 116 Å². The van der Waals surface area contributed by atoms with E-state index in [2.05, 4.69) is 34.6 Å². The first-order valence-electron chi connectivity index (χ1n) is 17.4. The van der Waals surface area contributed by atoms with Crippen molar-refractivity contribution < 1.29 is 85.8 Å². The van der Waals surface area contributed by atoms with Gasteiger partial charge in [0.2, 0.25) is 0 Å². The van der Waals surface area contributed by atoms with Gasteiger partial charge in [0.05, 0.1) is 0 Å². The van der Waals surface area contributed by atoms with E-state index >= 15 is 0 Å². The van der Waals surface area contributed by atoms with Gasteiger partial charge in [0.15, 0.2) is 0 Å². The molecule has 7 heteroatoms. The molecule has 0 aliphatic heterocycles. The summed E-state index contributed by atoms with van der Waals surface area (Å²) in [4.78, 5) is 0. The molecule has 3 unspecified atom stereocenters. The van der Waals surface area contributed by atoms with E-state index in [0.29, 0.717) is 0 Å². The molecule has 2 N–H and O–H groups in total. The minimum atomic E-state index is -1.12. The molecule has 250 valence electrons. The van der Waals surface area contributed by atoms with Crippen LogP contribution < -0.4 is 0 Å². The van der Waals surface area contributed by atoms with Crippen LogP contribution in [0, 0.1) is 35.5 Å². The molecule has 3 atom stereocenters. The van der Waals surface area contributed by atoms with Crippen molar-refractivity contribution in [3.05, 3.63) is 35.5 Å². The van der Waals surface area contributed by atoms with Crippen LogP contribution in [0.25, 0.3) is 0 Å². The third-order valence-corrected chi connectivity index (χ3v) is 23.7. The van der Waals surface area contributed by atoms with Crippen molar-refractivity contribution in [3.8, 4) is 0 Å². The molecule has 43 heavy (non-hydrogen) atoms. The Hall–Kier alpha value is 2.48. The summed E-state index contributed by atoms with van der Waals surface area (Å²) >= 11 is -0.578. The summed E-state index contributed by atoms with van der Waals surface area (Å²) in [6.45, 7) is 13.6. The van der Waals surface area contributed by atoms with Crippen LogP contribution in [-0.4, -0.2) is 17.2 Å². The quantitative estimate of drug-likeness (QED) is 0.219. The van der Waals surface area contributed by atoms with Gasteiger partial charge >= 0.3 is 154 Å². The predicted molar refractivity (Wildman–Crippen MR) is 172 cm³/mol. The van der Waals surface area contributed by atoms with Gasteiger partial charge in [0.1, 0.15) is 0 Å². The maximum absolute atomic E-state index is 8.76.